The Hall–Kier alpha value is -1.84. The maximum atomic E-state index is 12.6. The smallest absolute Gasteiger partial charge is 0.339 e. The number of benzene rings is 1. The number of esters is 2. The van der Waals surface area contributed by atoms with E-state index in [0.717, 1.165) is 32.1 Å². The summed E-state index contributed by atoms with van der Waals surface area (Å²) in [4.78, 5) is 25.2. The van der Waals surface area contributed by atoms with Crippen LogP contribution in [0, 0.1) is 0 Å². The van der Waals surface area contributed by atoms with Crippen LogP contribution in [-0.4, -0.2) is 24.6 Å². The molecule has 0 saturated heterocycles. The average molecular weight is 475 g/mol. The van der Waals surface area contributed by atoms with Gasteiger partial charge in [-0.3, -0.25) is 0 Å². The molecule has 4 nitrogen and oxygen atoms in total. The lowest BCUT2D eigenvalue weighted by atomic mass is 10.0. The Bertz CT molecular complexity index is 655. The van der Waals surface area contributed by atoms with E-state index in [1.807, 2.05) is 6.92 Å². The minimum Gasteiger partial charge on any atom is -0.462 e. The third kappa shape index (κ3) is 13.8. The second-order valence-electron chi connectivity index (χ2n) is 9.50. The quantitative estimate of drug-likeness (QED) is 0.132. The predicted octanol–water partition coefficient (Wildman–Crippen LogP) is 9.06. The lowest BCUT2D eigenvalue weighted by Gasteiger charge is -2.16. The van der Waals surface area contributed by atoms with Gasteiger partial charge in [0.1, 0.15) is 6.10 Å². The van der Waals surface area contributed by atoms with Gasteiger partial charge in [0.2, 0.25) is 0 Å². The van der Waals surface area contributed by atoms with E-state index in [-0.39, 0.29) is 6.10 Å². The summed E-state index contributed by atoms with van der Waals surface area (Å²) in [6, 6.07) is 6.79. The number of unbranched alkanes of at least 4 members (excludes halogenated alkanes) is 13. The van der Waals surface area contributed by atoms with Gasteiger partial charge in [0.05, 0.1) is 17.7 Å². The molecule has 0 aliphatic rings. The number of ether oxygens (including phenoxy) is 2. The number of hydrogen-bond acceptors (Lipinski definition) is 4. The third-order valence-electron chi connectivity index (χ3n) is 6.44. The van der Waals surface area contributed by atoms with Crippen LogP contribution in [0.1, 0.15) is 151 Å². The summed E-state index contributed by atoms with van der Waals surface area (Å²) < 4.78 is 11.1. The first kappa shape index (κ1) is 30.2. The summed E-state index contributed by atoms with van der Waals surface area (Å²) >= 11 is 0. The monoisotopic (exact) mass is 474 g/mol. The zero-order valence-corrected chi connectivity index (χ0v) is 22.2. The highest BCUT2D eigenvalue weighted by Crippen LogP contribution is 2.17. The molecule has 0 aliphatic heterocycles. The zero-order chi connectivity index (χ0) is 24.9. The molecule has 34 heavy (non-hydrogen) atoms. The molecule has 1 aromatic rings. The van der Waals surface area contributed by atoms with Crippen LogP contribution in [0.4, 0.5) is 0 Å². The highest BCUT2D eigenvalue weighted by molar-refractivity contribution is 6.03. The van der Waals surface area contributed by atoms with E-state index in [4.69, 9.17) is 9.47 Å². The lowest BCUT2D eigenvalue weighted by Crippen LogP contribution is -2.20. The van der Waals surface area contributed by atoms with Gasteiger partial charge >= 0.3 is 11.9 Å². The third-order valence-corrected chi connectivity index (χ3v) is 6.44. The first-order valence-corrected chi connectivity index (χ1v) is 14.1. The largest absolute Gasteiger partial charge is 0.462 e. The average Bonchev–Trinajstić information content (AvgIpc) is 2.85. The summed E-state index contributed by atoms with van der Waals surface area (Å²) in [6.45, 7) is 6.74. The number of carbonyl (C=O) groups excluding carboxylic acids is 2. The van der Waals surface area contributed by atoms with Crippen molar-refractivity contribution < 1.29 is 19.1 Å². The molecule has 1 unspecified atom stereocenters. The van der Waals surface area contributed by atoms with Crippen LogP contribution >= 0.6 is 0 Å². The number of hydrogen-bond donors (Lipinski definition) is 0. The van der Waals surface area contributed by atoms with Crippen LogP contribution in [-0.2, 0) is 9.47 Å². The van der Waals surface area contributed by atoms with Gasteiger partial charge < -0.3 is 9.47 Å². The van der Waals surface area contributed by atoms with Crippen molar-refractivity contribution >= 4 is 11.9 Å². The van der Waals surface area contributed by atoms with Crippen molar-refractivity contribution in [3.05, 3.63) is 35.4 Å². The molecule has 0 saturated carbocycles. The Morgan fingerprint density at radius 2 is 1.12 bits per heavy atom. The Labute approximate surface area is 209 Å². The van der Waals surface area contributed by atoms with Gasteiger partial charge in [-0.25, -0.2) is 9.59 Å². The second-order valence-corrected chi connectivity index (χ2v) is 9.50. The molecular formula is C30H50O4. The van der Waals surface area contributed by atoms with Crippen LogP contribution in [0.15, 0.2) is 24.3 Å². The first-order chi connectivity index (χ1) is 16.6. The molecule has 0 spiro atoms. The van der Waals surface area contributed by atoms with Crippen molar-refractivity contribution in [2.24, 2.45) is 0 Å². The van der Waals surface area contributed by atoms with Crippen molar-refractivity contribution in [3.63, 3.8) is 0 Å². The Kier molecular flexibility index (Phi) is 18.2. The van der Waals surface area contributed by atoms with Gasteiger partial charge in [-0.2, -0.15) is 0 Å². The van der Waals surface area contributed by atoms with E-state index >= 15 is 0 Å². The fourth-order valence-electron chi connectivity index (χ4n) is 4.26. The highest BCUT2D eigenvalue weighted by atomic mass is 16.5. The van der Waals surface area contributed by atoms with Gasteiger partial charge in [-0.1, -0.05) is 123 Å². The van der Waals surface area contributed by atoms with E-state index in [0.29, 0.717) is 17.7 Å². The van der Waals surface area contributed by atoms with Crippen LogP contribution in [0.5, 0.6) is 0 Å². The van der Waals surface area contributed by atoms with E-state index in [2.05, 4.69) is 13.8 Å². The minimum atomic E-state index is -0.440. The molecular weight excluding hydrogens is 424 g/mol. The van der Waals surface area contributed by atoms with Gasteiger partial charge in [0.15, 0.2) is 0 Å². The molecule has 0 N–H and O–H groups in total. The topological polar surface area (TPSA) is 52.6 Å². The van der Waals surface area contributed by atoms with Gasteiger partial charge in [-0.05, 0) is 31.4 Å². The molecule has 0 fully saturated rings. The van der Waals surface area contributed by atoms with Gasteiger partial charge in [0.25, 0.3) is 0 Å². The SMILES string of the molecule is CCCCCCCCCCCCCCCCOC(=O)c1ccccc1C(=O)OC(CC)CCC. The maximum Gasteiger partial charge on any atom is 0.339 e. The standard InChI is InChI=1S/C30H50O4/c1-4-7-8-9-10-11-12-13-14-15-16-17-18-21-25-33-29(31)27-23-19-20-24-28(27)30(32)34-26(6-3)22-5-2/h19-20,23-24,26H,4-18,21-22,25H2,1-3H3. The van der Waals surface area contributed by atoms with E-state index in [1.54, 1.807) is 24.3 Å². The van der Waals surface area contributed by atoms with E-state index in [1.165, 1.54) is 77.0 Å². The van der Waals surface area contributed by atoms with Crippen LogP contribution in [0.25, 0.3) is 0 Å². The predicted molar refractivity (Wildman–Crippen MR) is 141 cm³/mol. The van der Waals surface area contributed by atoms with Crippen molar-refractivity contribution in [3.8, 4) is 0 Å². The van der Waals surface area contributed by atoms with Gasteiger partial charge in [0, 0.05) is 0 Å². The fraction of sp³-hybridized carbons (Fsp3) is 0.733. The second kappa shape index (κ2) is 20.5. The number of rotatable bonds is 21. The summed E-state index contributed by atoms with van der Waals surface area (Å²) in [5, 5.41) is 0. The molecule has 0 aliphatic carbocycles. The number of carbonyl (C=O) groups is 2. The van der Waals surface area contributed by atoms with Crippen LogP contribution in [0.2, 0.25) is 0 Å². The Morgan fingerprint density at radius 1 is 0.647 bits per heavy atom. The molecule has 0 radical (unpaired) electrons. The minimum absolute atomic E-state index is 0.114. The first-order valence-electron chi connectivity index (χ1n) is 14.1. The maximum absolute atomic E-state index is 12.6. The molecule has 1 rings (SSSR count). The van der Waals surface area contributed by atoms with E-state index < -0.39 is 11.9 Å². The summed E-state index contributed by atoms with van der Waals surface area (Å²) in [6.07, 6.45) is 20.6. The summed E-state index contributed by atoms with van der Waals surface area (Å²) in [5.74, 6) is -0.880. The molecule has 1 atom stereocenters. The van der Waals surface area contributed by atoms with Crippen molar-refractivity contribution in [1.29, 1.82) is 0 Å². The van der Waals surface area contributed by atoms with Crippen LogP contribution < -0.4 is 0 Å². The van der Waals surface area contributed by atoms with Gasteiger partial charge in [-0.15, -0.1) is 0 Å². The molecule has 194 valence electrons. The fourth-order valence-corrected chi connectivity index (χ4v) is 4.26. The Morgan fingerprint density at radius 3 is 1.59 bits per heavy atom. The lowest BCUT2D eigenvalue weighted by molar-refractivity contribution is 0.0262. The molecule has 0 aromatic heterocycles. The molecule has 4 heteroatoms. The van der Waals surface area contributed by atoms with Crippen molar-refractivity contribution in [2.45, 2.75) is 136 Å². The molecule has 0 amide bonds. The van der Waals surface area contributed by atoms with Crippen molar-refractivity contribution in [1.82, 2.24) is 0 Å². The summed E-state index contributed by atoms with van der Waals surface area (Å²) in [7, 11) is 0. The summed E-state index contributed by atoms with van der Waals surface area (Å²) in [5.41, 5.74) is 0.590. The normalized spacial score (nSPS) is 11.9. The Balaban J connectivity index is 2.16. The molecule has 1 aromatic carbocycles. The van der Waals surface area contributed by atoms with Crippen molar-refractivity contribution in [2.75, 3.05) is 6.61 Å². The molecule has 0 bridgehead atoms. The zero-order valence-electron chi connectivity index (χ0n) is 22.2. The molecule has 0 heterocycles. The van der Waals surface area contributed by atoms with E-state index in [9.17, 15) is 9.59 Å². The highest BCUT2D eigenvalue weighted by Gasteiger charge is 2.21. The van der Waals surface area contributed by atoms with Crippen LogP contribution in [0.3, 0.4) is 0 Å².